The van der Waals surface area contributed by atoms with Crippen LogP contribution in [0.1, 0.15) is 35.5 Å². The van der Waals surface area contributed by atoms with Crippen LogP contribution in [-0.2, 0) is 11.2 Å². The number of thioether (sulfide) groups is 1. The van der Waals surface area contributed by atoms with Gasteiger partial charge in [-0.05, 0) is 34.4 Å². The minimum atomic E-state index is -0.407. The first kappa shape index (κ1) is 22.9. The summed E-state index contributed by atoms with van der Waals surface area (Å²) in [5, 5.41) is 13.9. The molecule has 5 nitrogen and oxygen atoms in total. The van der Waals surface area contributed by atoms with Gasteiger partial charge in [0.15, 0.2) is 0 Å². The van der Waals surface area contributed by atoms with E-state index in [9.17, 15) is 4.79 Å². The van der Waals surface area contributed by atoms with Gasteiger partial charge in [0.25, 0.3) is 5.22 Å². The maximum Gasteiger partial charge on any atom is 0.277 e. The summed E-state index contributed by atoms with van der Waals surface area (Å²) >= 11 is 1.27. The molecule has 1 aromatic heterocycles. The van der Waals surface area contributed by atoms with Gasteiger partial charge in [0.2, 0.25) is 11.8 Å². The third kappa shape index (κ3) is 5.44. The topological polar surface area (TPSA) is 68.0 Å². The van der Waals surface area contributed by atoms with Gasteiger partial charge in [-0.15, -0.1) is 10.2 Å². The van der Waals surface area contributed by atoms with Crippen LogP contribution in [0.2, 0.25) is 0 Å². The Balaban J connectivity index is 1.27. The minimum absolute atomic E-state index is 0.0958. The van der Waals surface area contributed by atoms with Crippen molar-refractivity contribution < 1.29 is 9.21 Å². The van der Waals surface area contributed by atoms with E-state index in [0.717, 1.165) is 16.7 Å². The van der Waals surface area contributed by atoms with Crippen LogP contribution in [0.3, 0.4) is 0 Å². The number of rotatable bonds is 8. The Morgan fingerprint density at radius 2 is 1.46 bits per heavy atom. The Bertz CT molecular complexity index is 1380. The summed E-state index contributed by atoms with van der Waals surface area (Å²) in [5.41, 5.74) is 3.18. The Labute approximate surface area is 208 Å². The maximum absolute atomic E-state index is 13.1. The number of hydrogen-bond donors (Lipinski definition) is 1. The molecule has 6 heteroatoms. The van der Waals surface area contributed by atoms with Crippen molar-refractivity contribution in [2.45, 2.75) is 29.9 Å². The van der Waals surface area contributed by atoms with Crippen LogP contribution in [-0.4, -0.2) is 21.4 Å². The van der Waals surface area contributed by atoms with E-state index in [0.29, 0.717) is 17.5 Å². The van der Waals surface area contributed by atoms with Gasteiger partial charge >= 0.3 is 0 Å². The monoisotopic (exact) mass is 479 g/mol. The van der Waals surface area contributed by atoms with E-state index in [-0.39, 0.29) is 11.9 Å². The first-order valence-electron chi connectivity index (χ1n) is 11.5. The molecule has 0 spiro atoms. The molecule has 0 saturated heterocycles. The molecule has 1 atom stereocenters. The molecule has 35 heavy (non-hydrogen) atoms. The van der Waals surface area contributed by atoms with E-state index in [1.54, 1.807) is 0 Å². The third-order valence-corrected chi connectivity index (χ3v) is 6.80. The van der Waals surface area contributed by atoms with E-state index in [4.69, 9.17) is 4.42 Å². The molecule has 1 N–H and O–H groups in total. The summed E-state index contributed by atoms with van der Waals surface area (Å²) in [6.07, 6.45) is 0.541. The molecular weight excluding hydrogens is 454 g/mol. The van der Waals surface area contributed by atoms with Crippen molar-refractivity contribution in [2.75, 3.05) is 0 Å². The predicted octanol–water partition coefficient (Wildman–Crippen LogP) is 6.20. The van der Waals surface area contributed by atoms with Gasteiger partial charge in [-0.1, -0.05) is 115 Å². The van der Waals surface area contributed by atoms with Crippen molar-refractivity contribution in [3.63, 3.8) is 0 Å². The van der Waals surface area contributed by atoms with E-state index in [1.165, 1.54) is 22.5 Å². The van der Waals surface area contributed by atoms with Gasteiger partial charge in [0.05, 0.1) is 17.7 Å². The summed E-state index contributed by atoms with van der Waals surface area (Å²) < 4.78 is 5.89. The van der Waals surface area contributed by atoms with Crippen LogP contribution < -0.4 is 5.32 Å². The molecule has 0 fully saturated rings. The summed E-state index contributed by atoms with van der Waals surface area (Å²) in [5.74, 6) is 0.435. The maximum atomic E-state index is 13.1. The number of carbonyl (C=O) groups is 1. The fourth-order valence-corrected chi connectivity index (χ4v) is 4.79. The fourth-order valence-electron chi connectivity index (χ4n) is 4.08. The van der Waals surface area contributed by atoms with Crippen molar-refractivity contribution >= 4 is 28.4 Å². The zero-order chi connectivity index (χ0) is 24.0. The van der Waals surface area contributed by atoms with Crippen LogP contribution in [0.4, 0.5) is 0 Å². The highest BCUT2D eigenvalue weighted by molar-refractivity contribution is 8.00. The normalized spacial score (nSPS) is 12.1. The molecule has 0 radical (unpaired) electrons. The molecule has 0 aliphatic rings. The molecule has 5 aromatic rings. The number of benzene rings is 4. The molecular formula is C29H25N3O2S. The number of aromatic nitrogens is 2. The van der Waals surface area contributed by atoms with E-state index in [1.807, 2.05) is 85.8 Å². The highest BCUT2D eigenvalue weighted by Gasteiger charge is 2.23. The van der Waals surface area contributed by atoms with Crippen LogP contribution in [0.25, 0.3) is 10.8 Å². The minimum Gasteiger partial charge on any atom is -0.416 e. The van der Waals surface area contributed by atoms with Crippen molar-refractivity contribution in [1.29, 1.82) is 0 Å². The summed E-state index contributed by atoms with van der Waals surface area (Å²) in [6, 6.07) is 34.1. The molecule has 1 heterocycles. The first-order chi connectivity index (χ1) is 17.2. The van der Waals surface area contributed by atoms with Gasteiger partial charge in [0.1, 0.15) is 0 Å². The Morgan fingerprint density at radius 3 is 2.17 bits per heavy atom. The lowest BCUT2D eigenvalue weighted by Gasteiger charge is -2.21. The quantitative estimate of drug-likeness (QED) is 0.268. The van der Waals surface area contributed by atoms with Gasteiger partial charge in [-0.3, -0.25) is 4.79 Å². The first-order valence-corrected chi connectivity index (χ1v) is 12.4. The zero-order valence-corrected chi connectivity index (χ0v) is 20.1. The molecule has 4 aromatic carbocycles. The molecule has 5 rings (SSSR count). The number of amides is 1. The number of nitrogens with one attached hydrogen (secondary N) is 1. The fraction of sp³-hybridized carbons (Fsp3) is 0.138. The van der Waals surface area contributed by atoms with Gasteiger partial charge in [-0.2, -0.15) is 0 Å². The Hall–Kier alpha value is -3.90. The number of carbonyl (C=O) groups excluding carboxylic acids is 1. The van der Waals surface area contributed by atoms with Crippen LogP contribution >= 0.6 is 11.8 Å². The van der Waals surface area contributed by atoms with Crippen LogP contribution in [0, 0.1) is 0 Å². The molecule has 1 amide bonds. The summed E-state index contributed by atoms with van der Waals surface area (Å²) in [6.45, 7) is 1.85. The zero-order valence-electron chi connectivity index (χ0n) is 19.3. The number of fused-ring (bicyclic) bond motifs is 1. The van der Waals surface area contributed by atoms with Crippen LogP contribution in [0.5, 0.6) is 0 Å². The van der Waals surface area contributed by atoms with E-state index >= 15 is 0 Å². The number of nitrogens with zero attached hydrogens (tertiary/aromatic N) is 2. The molecule has 0 bridgehead atoms. The van der Waals surface area contributed by atoms with E-state index < -0.39 is 5.25 Å². The van der Waals surface area contributed by atoms with Crippen molar-refractivity contribution in [1.82, 2.24) is 15.5 Å². The van der Waals surface area contributed by atoms with E-state index in [2.05, 4.69) is 39.8 Å². The standard InChI is InChI=1S/C29H25N3O2S/c1-20(28(33)30-27(22-12-4-2-5-13-22)23-14-6-3-7-15-23)35-29-32-31-26(34-29)19-24-17-10-16-21-11-8-9-18-25(21)24/h2-18,20,27H,19H2,1H3,(H,30,33)/t20-/m0/s1. The summed E-state index contributed by atoms with van der Waals surface area (Å²) in [7, 11) is 0. The van der Waals surface area contributed by atoms with Gasteiger partial charge < -0.3 is 9.73 Å². The highest BCUT2D eigenvalue weighted by atomic mass is 32.2. The van der Waals surface area contributed by atoms with Crippen molar-refractivity contribution in [3.05, 3.63) is 126 Å². The number of hydrogen-bond acceptors (Lipinski definition) is 5. The molecule has 0 aliphatic carbocycles. The van der Waals surface area contributed by atoms with Crippen molar-refractivity contribution in [3.8, 4) is 0 Å². The second kappa shape index (κ2) is 10.6. The molecule has 0 unspecified atom stereocenters. The lowest BCUT2D eigenvalue weighted by molar-refractivity contribution is -0.120. The second-order valence-corrected chi connectivity index (χ2v) is 9.59. The smallest absolute Gasteiger partial charge is 0.277 e. The highest BCUT2D eigenvalue weighted by Crippen LogP contribution is 2.27. The molecule has 0 aliphatic heterocycles. The second-order valence-electron chi connectivity index (χ2n) is 8.30. The lowest BCUT2D eigenvalue weighted by Crippen LogP contribution is -2.34. The molecule has 174 valence electrons. The lowest BCUT2D eigenvalue weighted by atomic mass is 9.98. The summed E-state index contributed by atoms with van der Waals surface area (Å²) in [4.78, 5) is 13.1. The predicted molar refractivity (Wildman–Crippen MR) is 139 cm³/mol. The largest absolute Gasteiger partial charge is 0.416 e. The SMILES string of the molecule is C[C@H](Sc1nnc(Cc2cccc3ccccc23)o1)C(=O)NC(c1ccccc1)c1ccccc1. The Morgan fingerprint density at radius 1 is 0.829 bits per heavy atom. The molecule has 0 saturated carbocycles. The van der Waals surface area contributed by atoms with Crippen molar-refractivity contribution in [2.24, 2.45) is 0 Å². The van der Waals surface area contributed by atoms with Gasteiger partial charge in [-0.25, -0.2) is 0 Å². The average molecular weight is 480 g/mol. The van der Waals surface area contributed by atoms with Gasteiger partial charge in [0, 0.05) is 0 Å². The average Bonchev–Trinajstić information content (AvgIpc) is 3.35. The Kier molecular flexibility index (Phi) is 6.91. The third-order valence-electron chi connectivity index (χ3n) is 5.87. The van der Waals surface area contributed by atoms with Crippen LogP contribution in [0.15, 0.2) is 113 Å².